The molecule has 0 amide bonds. The largest absolute Gasteiger partial charge is 0.458 e. The van der Waals surface area contributed by atoms with Gasteiger partial charge in [0.15, 0.2) is 10.8 Å². The van der Waals surface area contributed by atoms with Gasteiger partial charge in [-0.15, -0.1) is 11.3 Å². The summed E-state index contributed by atoms with van der Waals surface area (Å²) in [6.45, 7) is 1.85. The van der Waals surface area contributed by atoms with Crippen LogP contribution in [0.1, 0.15) is 33.1 Å². The molecule has 0 bridgehead atoms. The van der Waals surface area contributed by atoms with E-state index < -0.39 is 17.0 Å². The van der Waals surface area contributed by atoms with E-state index >= 15 is 0 Å². The van der Waals surface area contributed by atoms with Crippen LogP contribution >= 0.6 is 11.3 Å². The Morgan fingerprint density at radius 3 is 2.67 bits per heavy atom. The summed E-state index contributed by atoms with van der Waals surface area (Å²) in [7, 11) is 0. The van der Waals surface area contributed by atoms with Gasteiger partial charge in [0.05, 0.1) is 4.88 Å². The third-order valence-electron chi connectivity index (χ3n) is 2.21. The Balaban J connectivity index is 2.26. The van der Waals surface area contributed by atoms with Crippen LogP contribution in [0.4, 0.5) is 13.2 Å². The van der Waals surface area contributed by atoms with Gasteiger partial charge in [0, 0.05) is 12.6 Å². The maximum atomic E-state index is 12.3. The monoisotopic (exact) mass is 275 g/mol. The fraction of sp³-hybridized carbons (Fsp3) is 0.273. The van der Waals surface area contributed by atoms with E-state index in [1.54, 1.807) is 6.07 Å². The van der Waals surface area contributed by atoms with Gasteiger partial charge in [-0.3, -0.25) is 4.79 Å². The van der Waals surface area contributed by atoms with E-state index in [0.29, 0.717) is 23.5 Å². The molecule has 0 spiro atoms. The minimum Gasteiger partial charge on any atom is -0.458 e. The molecule has 3 nitrogen and oxygen atoms in total. The summed E-state index contributed by atoms with van der Waals surface area (Å²) in [5.41, 5.74) is 0. The second-order valence-corrected chi connectivity index (χ2v) is 4.51. The van der Waals surface area contributed by atoms with Gasteiger partial charge < -0.3 is 4.42 Å². The molecule has 0 aromatic carbocycles. The fourth-order valence-corrected chi connectivity index (χ4v) is 2.05. The summed E-state index contributed by atoms with van der Waals surface area (Å²) in [5.74, 6) is 0.0610. The lowest BCUT2D eigenvalue weighted by molar-refractivity contribution is -0.137. The molecule has 0 aliphatic rings. The first kappa shape index (κ1) is 12.8. The van der Waals surface area contributed by atoms with E-state index in [4.69, 9.17) is 4.42 Å². The van der Waals surface area contributed by atoms with Gasteiger partial charge in [-0.25, -0.2) is 4.98 Å². The lowest BCUT2D eigenvalue weighted by atomic mass is 10.3. The lowest BCUT2D eigenvalue weighted by Gasteiger charge is -1.98. The number of aryl methyl sites for hydroxylation is 1. The third-order valence-corrected chi connectivity index (χ3v) is 3.25. The molecule has 0 radical (unpaired) electrons. The molecule has 96 valence electrons. The molecule has 0 N–H and O–H groups in total. The zero-order chi connectivity index (χ0) is 13.3. The molecule has 0 saturated heterocycles. The average Bonchev–Trinajstić information content (AvgIpc) is 2.96. The van der Waals surface area contributed by atoms with Crippen molar-refractivity contribution in [2.45, 2.75) is 19.5 Å². The van der Waals surface area contributed by atoms with Crippen molar-refractivity contribution in [3.63, 3.8) is 0 Å². The van der Waals surface area contributed by atoms with Gasteiger partial charge in [-0.2, -0.15) is 13.2 Å². The predicted octanol–water partition coefficient (Wildman–Crippen LogP) is 3.55. The standard InChI is InChI=1S/C11H8F3NO2S/c1-2-6-3-4-7(17-6)9(16)8-5-15-10(18-8)11(12,13)14/h3-5H,2H2,1H3. The number of rotatable bonds is 3. The number of hydrogen-bond donors (Lipinski definition) is 0. The van der Waals surface area contributed by atoms with Gasteiger partial charge >= 0.3 is 6.18 Å². The van der Waals surface area contributed by atoms with Crippen LogP contribution in [0.2, 0.25) is 0 Å². The van der Waals surface area contributed by atoms with Crippen LogP contribution in [0, 0.1) is 0 Å². The predicted molar refractivity (Wildman–Crippen MR) is 58.6 cm³/mol. The molecule has 7 heteroatoms. The van der Waals surface area contributed by atoms with Crippen LogP contribution in [-0.4, -0.2) is 10.8 Å². The maximum Gasteiger partial charge on any atom is 0.443 e. The Labute approximate surface area is 104 Å². The summed E-state index contributed by atoms with van der Waals surface area (Å²) in [4.78, 5) is 14.9. The van der Waals surface area contributed by atoms with Gasteiger partial charge in [0.2, 0.25) is 5.78 Å². The van der Waals surface area contributed by atoms with Crippen LogP contribution in [0.25, 0.3) is 0 Å². The highest BCUT2D eigenvalue weighted by Crippen LogP contribution is 2.33. The molecule has 2 rings (SSSR count). The number of thiazole rings is 1. The first-order chi connectivity index (χ1) is 8.41. The van der Waals surface area contributed by atoms with Crippen molar-refractivity contribution < 1.29 is 22.4 Å². The second-order valence-electron chi connectivity index (χ2n) is 3.48. The van der Waals surface area contributed by atoms with E-state index in [1.807, 2.05) is 6.92 Å². The van der Waals surface area contributed by atoms with Gasteiger partial charge in [0.1, 0.15) is 5.76 Å². The van der Waals surface area contributed by atoms with Crippen LogP contribution in [0.5, 0.6) is 0 Å². The Bertz CT molecular complexity index is 571. The lowest BCUT2D eigenvalue weighted by Crippen LogP contribution is -2.03. The molecule has 2 aromatic rings. The van der Waals surface area contributed by atoms with Crippen molar-refractivity contribution >= 4 is 17.1 Å². The highest BCUT2D eigenvalue weighted by molar-refractivity contribution is 7.13. The molecule has 18 heavy (non-hydrogen) atoms. The average molecular weight is 275 g/mol. The summed E-state index contributed by atoms with van der Waals surface area (Å²) >= 11 is 0.314. The van der Waals surface area contributed by atoms with Crippen molar-refractivity contribution in [2.24, 2.45) is 0 Å². The fourth-order valence-electron chi connectivity index (χ4n) is 1.32. The minimum atomic E-state index is -4.53. The Kier molecular flexibility index (Phi) is 3.25. The van der Waals surface area contributed by atoms with Crippen LogP contribution in [0.15, 0.2) is 22.7 Å². The number of hydrogen-bond acceptors (Lipinski definition) is 4. The summed E-state index contributed by atoms with van der Waals surface area (Å²) in [6, 6.07) is 3.08. The van der Waals surface area contributed by atoms with E-state index in [9.17, 15) is 18.0 Å². The van der Waals surface area contributed by atoms with Gasteiger partial charge in [-0.05, 0) is 12.1 Å². The minimum absolute atomic E-state index is 0.0317. The number of carbonyl (C=O) groups is 1. The first-order valence-electron chi connectivity index (χ1n) is 5.08. The molecule has 0 aliphatic heterocycles. The van der Waals surface area contributed by atoms with E-state index in [1.165, 1.54) is 6.07 Å². The van der Waals surface area contributed by atoms with Gasteiger partial charge in [0.25, 0.3) is 0 Å². The van der Waals surface area contributed by atoms with Crippen molar-refractivity contribution in [1.29, 1.82) is 0 Å². The van der Waals surface area contributed by atoms with E-state index in [-0.39, 0.29) is 10.6 Å². The van der Waals surface area contributed by atoms with Crippen LogP contribution < -0.4 is 0 Å². The smallest absolute Gasteiger partial charge is 0.443 e. The van der Waals surface area contributed by atoms with Crippen molar-refractivity contribution in [1.82, 2.24) is 4.98 Å². The topological polar surface area (TPSA) is 43.1 Å². The second kappa shape index (κ2) is 4.56. The molecular formula is C11H8F3NO2S. The number of ketones is 1. The Hall–Kier alpha value is -1.63. The molecule has 0 atom stereocenters. The number of carbonyl (C=O) groups excluding carboxylic acids is 1. The Morgan fingerprint density at radius 2 is 2.17 bits per heavy atom. The molecule has 2 heterocycles. The molecular weight excluding hydrogens is 267 g/mol. The number of alkyl halides is 3. The summed E-state index contributed by atoms with van der Waals surface area (Å²) in [5, 5.41) is -1.03. The summed E-state index contributed by atoms with van der Waals surface area (Å²) < 4.78 is 42.2. The van der Waals surface area contributed by atoms with Crippen molar-refractivity contribution in [3.05, 3.63) is 39.7 Å². The SMILES string of the molecule is CCc1ccc(C(=O)c2cnc(C(F)(F)F)s2)o1. The van der Waals surface area contributed by atoms with Crippen molar-refractivity contribution in [3.8, 4) is 0 Å². The van der Waals surface area contributed by atoms with Crippen molar-refractivity contribution in [2.75, 3.05) is 0 Å². The molecule has 0 saturated carbocycles. The number of halogens is 3. The molecule has 0 fully saturated rings. The number of nitrogens with zero attached hydrogens (tertiary/aromatic N) is 1. The highest BCUT2D eigenvalue weighted by atomic mass is 32.1. The zero-order valence-corrected chi connectivity index (χ0v) is 10.1. The molecule has 0 aliphatic carbocycles. The number of furan rings is 1. The zero-order valence-electron chi connectivity index (χ0n) is 9.25. The quantitative estimate of drug-likeness (QED) is 0.804. The first-order valence-corrected chi connectivity index (χ1v) is 5.90. The highest BCUT2D eigenvalue weighted by Gasteiger charge is 2.35. The van der Waals surface area contributed by atoms with Crippen LogP contribution in [0.3, 0.4) is 0 Å². The Morgan fingerprint density at radius 1 is 1.44 bits per heavy atom. The maximum absolute atomic E-state index is 12.3. The molecule has 0 unspecified atom stereocenters. The van der Waals surface area contributed by atoms with E-state index in [0.717, 1.165) is 6.20 Å². The third kappa shape index (κ3) is 2.45. The molecule has 2 aromatic heterocycles. The summed E-state index contributed by atoms with van der Waals surface area (Å²) in [6.07, 6.45) is -2.99. The van der Waals surface area contributed by atoms with E-state index in [2.05, 4.69) is 4.98 Å². The normalized spacial score (nSPS) is 11.8. The van der Waals surface area contributed by atoms with Gasteiger partial charge in [-0.1, -0.05) is 6.92 Å². The van der Waals surface area contributed by atoms with Crippen LogP contribution in [-0.2, 0) is 12.6 Å². The number of aromatic nitrogens is 1.